The predicted molar refractivity (Wildman–Crippen MR) is 89.8 cm³/mol. The topological polar surface area (TPSA) is 63.5 Å². The standard InChI is InChI=1S/C14H18N2O3S2/c1-15(2)14(20)21-10-9-12(17)8-7-11-5-3-4-6-13(11)16(18)19/h3-6H,7-10H2,1-2H3. The summed E-state index contributed by atoms with van der Waals surface area (Å²) < 4.78 is 0.751. The number of carbonyl (C=O) groups is 1. The van der Waals surface area contributed by atoms with Crippen molar-refractivity contribution in [3.8, 4) is 0 Å². The molecule has 21 heavy (non-hydrogen) atoms. The van der Waals surface area contributed by atoms with Gasteiger partial charge in [0.1, 0.15) is 10.1 Å². The van der Waals surface area contributed by atoms with Crippen molar-refractivity contribution in [2.24, 2.45) is 0 Å². The van der Waals surface area contributed by atoms with Gasteiger partial charge in [0, 0.05) is 44.3 Å². The van der Waals surface area contributed by atoms with Crippen LogP contribution in [-0.2, 0) is 11.2 Å². The van der Waals surface area contributed by atoms with Gasteiger partial charge >= 0.3 is 0 Å². The number of nitro benzene ring substituents is 1. The number of Topliss-reactive ketones (excluding diaryl/α,β-unsaturated/α-hetero) is 1. The average molecular weight is 326 g/mol. The molecule has 0 aliphatic heterocycles. The lowest BCUT2D eigenvalue weighted by molar-refractivity contribution is -0.385. The van der Waals surface area contributed by atoms with E-state index < -0.39 is 4.92 Å². The van der Waals surface area contributed by atoms with Gasteiger partial charge in [-0.05, 0) is 6.42 Å². The normalized spacial score (nSPS) is 10.2. The average Bonchev–Trinajstić information content (AvgIpc) is 2.45. The fourth-order valence-corrected chi connectivity index (χ4v) is 2.69. The molecule has 0 spiro atoms. The summed E-state index contributed by atoms with van der Waals surface area (Å²) >= 11 is 6.59. The number of hydrogen-bond acceptors (Lipinski definition) is 5. The third-order valence-corrected chi connectivity index (χ3v) is 4.57. The van der Waals surface area contributed by atoms with Crippen LogP contribution in [-0.4, -0.2) is 39.8 Å². The molecule has 0 aliphatic carbocycles. The van der Waals surface area contributed by atoms with Crippen molar-refractivity contribution in [2.45, 2.75) is 19.3 Å². The van der Waals surface area contributed by atoms with E-state index in [0.29, 0.717) is 30.6 Å². The second-order valence-electron chi connectivity index (χ2n) is 4.68. The molecular weight excluding hydrogens is 308 g/mol. The summed E-state index contributed by atoms with van der Waals surface area (Å²) in [5.74, 6) is 0.745. The highest BCUT2D eigenvalue weighted by atomic mass is 32.2. The Morgan fingerprint density at radius 2 is 2.00 bits per heavy atom. The van der Waals surface area contributed by atoms with Gasteiger partial charge in [0.05, 0.1) is 4.92 Å². The molecule has 0 bridgehead atoms. The Morgan fingerprint density at radius 3 is 2.62 bits per heavy atom. The number of thioether (sulfide) groups is 1. The van der Waals surface area contributed by atoms with E-state index in [1.807, 2.05) is 19.0 Å². The molecular formula is C14H18N2O3S2. The Hall–Kier alpha value is -1.47. The number of nitro groups is 1. The van der Waals surface area contributed by atoms with E-state index >= 15 is 0 Å². The lowest BCUT2D eigenvalue weighted by Gasteiger charge is -2.12. The Balaban J connectivity index is 2.40. The maximum absolute atomic E-state index is 11.8. The first-order valence-electron chi connectivity index (χ1n) is 6.50. The van der Waals surface area contributed by atoms with Crippen molar-refractivity contribution >= 4 is 39.8 Å². The second-order valence-corrected chi connectivity index (χ2v) is 6.41. The number of ketones is 1. The minimum atomic E-state index is -0.412. The van der Waals surface area contributed by atoms with Crippen LogP contribution >= 0.6 is 24.0 Å². The molecule has 0 fully saturated rings. The van der Waals surface area contributed by atoms with Crippen LogP contribution in [0.2, 0.25) is 0 Å². The fraction of sp³-hybridized carbons (Fsp3) is 0.429. The van der Waals surface area contributed by atoms with Gasteiger partial charge in [-0.25, -0.2) is 0 Å². The Kier molecular flexibility index (Phi) is 7.31. The van der Waals surface area contributed by atoms with E-state index in [-0.39, 0.29) is 11.5 Å². The highest BCUT2D eigenvalue weighted by molar-refractivity contribution is 8.22. The summed E-state index contributed by atoms with van der Waals surface area (Å²) in [6, 6.07) is 6.53. The molecule has 7 heteroatoms. The van der Waals surface area contributed by atoms with Crippen molar-refractivity contribution in [1.29, 1.82) is 0 Å². The highest BCUT2D eigenvalue weighted by Gasteiger charge is 2.13. The molecule has 114 valence electrons. The number of benzene rings is 1. The van der Waals surface area contributed by atoms with Crippen molar-refractivity contribution < 1.29 is 9.72 Å². The number of nitrogens with zero attached hydrogens (tertiary/aromatic N) is 2. The van der Waals surface area contributed by atoms with Crippen LogP contribution in [0.1, 0.15) is 18.4 Å². The van der Waals surface area contributed by atoms with Gasteiger partial charge in [-0.3, -0.25) is 14.9 Å². The summed E-state index contributed by atoms with van der Waals surface area (Å²) in [6.07, 6.45) is 1.15. The number of thiocarbonyl (C=S) groups is 1. The summed E-state index contributed by atoms with van der Waals surface area (Å²) in [5, 5.41) is 10.9. The highest BCUT2D eigenvalue weighted by Crippen LogP contribution is 2.19. The van der Waals surface area contributed by atoms with Gasteiger partial charge in [0.15, 0.2) is 0 Å². The molecule has 0 aliphatic rings. The number of carbonyl (C=O) groups excluding carboxylic acids is 1. The fourth-order valence-electron chi connectivity index (χ4n) is 1.68. The largest absolute Gasteiger partial charge is 0.364 e. The quantitative estimate of drug-likeness (QED) is 0.436. The SMILES string of the molecule is CN(C)C(=S)SCCC(=O)CCc1ccccc1[N+](=O)[O-]. The molecule has 0 radical (unpaired) electrons. The zero-order valence-electron chi connectivity index (χ0n) is 12.1. The van der Waals surface area contributed by atoms with Crippen molar-refractivity contribution in [1.82, 2.24) is 4.90 Å². The van der Waals surface area contributed by atoms with Gasteiger partial charge in [-0.1, -0.05) is 42.2 Å². The van der Waals surface area contributed by atoms with E-state index in [2.05, 4.69) is 0 Å². The molecule has 1 aromatic carbocycles. The maximum atomic E-state index is 11.8. The van der Waals surface area contributed by atoms with Crippen LogP contribution in [0.3, 0.4) is 0 Å². The van der Waals surface area contributed by atoms with E-state index in [9.17, 15) is 14.9 Å². The third-order valence-electron chi connectivity index (χ3n) is 2.83. The van der Waals surface area contributed by atoms with Gasteiger partial charge in [-0.2, -0.15) is 0 Å². The molecule has 0 saturated heterocycles. The number of rotatable bonds is 7. The summed E-state index contributed by atoms with van der Waals surface area (Å²) in [5.41, 5.74) is 0.681. The zero-order chi connectivity index (χ0) is 15.8. The first-order chi connectivity index (χ1) is 9.91. The van der Waals surface area contributed by atoms with Crippen LogP contribution < -0.4 is 0 Å². The summed E-state index contributed by atoms with van der Waals surface area (Å²) in [7, 11) is 3.73. The minimum Gasteiger partial charge on any atom is -0.364 e. The first-order valence-corrected chi connectivity index (χ1v) is 7.89. The van der Waals surface area contributed by atoms with E-state index in [0.717, 1.165) is 4.32 Å². The molecule has 0 amide bonds. The number of aryl methyl sites for hydroxylation is 1. The predicted octanol–water partition coefficient (Wildman–Crippen LogP) is 3.07. The molecule has 0 atom stereocenters. The van der Waals surface area contributed by atoms with Crippen LogP contribution in [0.4, 0.5) is 5.69 Å². The van der Waals surface area contributed by atoms with E-state index in [4.69, 9.17) is 12.2 Å². The maximum Gasteiger partial charge on any atom is 0.272 e. The molecule has 0 heterocycles. The number of para-hydroxylation sites is 1. The Morgan fingerprint density at radius 1 is 1.33 bits per heavy atom. The molecule has 1 aromatic rings. The zero-order valence-corrected chi connectivity index (χ0v) is 13.7. The van der Waals surface area contributed by atoms with Crippen molar-refractivity contribution in [3.63, 3.8) is 0 Å². The van der Waals surface area contributed by atoms with Crippen LogP contribution in [0.15, 0.2) is 24.3 Å². The second kappa shape index (κ2) is 8.74. The third kappa shape index (κ3) is 6.22. The molecule has 5 nitrogen and oxygen atoms in total. The lowest BCUT2D eigenvalue weighted by Crippen LogP contribution is -2.17. The molecule has 0 unspecified atom stereocenters. The smallest absolute Gasteiger partial charge is 0.272 e. The summed E-state index contributed by atoms with van der Waals surface area (Å²) in [4.78, 5) is 24.1. The van der Waals surface area contributed by atoms with Gasteiger partial charge in [0.25, 0.3) is 5.69 Å². The molecule has 0 N–H and O–H groups in total. The summed E-state index contributed by atoms with van der Waals surface area (Å²) in [6.45, 7) is 0. The van der Waals surface area contributed by atoms with Crippen LogP contribution in [0.5, 0.6) is 0 Å². The monoisotopic (exact) mass is 326 g/mol. The van der Waals surface area contributed by atoms with Crippen LogP contribution in [0.25, 0.3) is 0 Å². The Bertz CT molecular complexity index is 533. The molecule has 1 rings (SSSR count). The van der Waals surface area contributed by atoms with Gasteiger partial charge < -0.3 is 4.90 Å². The molecule has 0 aromatic heterocycles. The molecule has 0 saturated carbocycles. The van der Waals surface area contributed by atoms with E-state index in [1.165, 1.54) is 17.8 Å². The Labute approximate surface area is 133 Å². The van der Waals surface area contributed by atoms with Gasteiger partial charge in [0.2, 0.25) is 0 Å². The van der Waals surface area contributed by atoms with Crippen LogP contribution in [0, 0.1) is 10.1 Å². The van der Waals surface area contributed by atoms with Gasteiger partial charge in [-0.15, -0.1) is 0 Å². The number of hydrogen-bond donors (Lipinski definition) is 0. The van der Waals surface area contributed by atoms with Crippen molar-refractivity contribution in [3.05, 3.63) is 39.9 Å². The first kappa shape index (κ1) is 17.6. The van der Waals surface area contributed by atoms with Crippen molar-refractivity contribution in [2.75, 3.05) is 19.8 Å². The van der Waals surface area contributed by atoms with E-state index in [1.54, 1.807) is 18.2 Å². The lowest BCUT2D eigenvalue weighted by atomic mass is 10.0. The minimum absolute atomic E-state index is 0.0773.